The highest BCUT2D eigenvalue weighted by Crippen LogP contribution is 2.21. The monoisotopic (exact) mass is 221 g/mol. The third-order valence-electron chi connectivity index (χ3n) is 3.24. The molecule has 0 aliphatic carbocycles. The average Bonchev–Trinajstić information content (AvgIpc) is 2.35. The van der Waals surface area contributed by atoms with Crippen LogP contribution in [-0.4, -0.2) is 4.98 Å². The molecule has 1 aromatic heterocycles. The molecule has 0 bridgehead atoms. The first-order valence-electron chi connectivity index (χ1n) is 6.06. The summed E-state index contributed by atoms with van der Waals surface area (Å²) in [6.07, 6.45) is 1.07. The number of nitrogens with zero attached hydrogens (tertiary/aromatic N) is 1. The van der Waals surface area contributed by atoms with Gasteiger partial charge >= 0.3 is 0 Å². The minimum atomic E-state index is 1.07. The van der Waals surface area contributed by atoms with Gasteiger partial charge in [-0.2, -0.15) is 0 Å². The first-order valence-corrected chi connectivity index (χ1v) is 6.06. The summed E-state index contributed by atoms with van der Waals surface area (Å²) >= 11 is 0. The van der Waals surface area contributed by atoms with E-state index in [1.165, 1.54) is 21.9 Å². The van der Waals surface area contributed by atoms with Crippen LogP contribution in [-0.2, 0) is 6.42 Å². The lowest BCUT2D eigenvalue weighted by Gasteiger charge is -2.04. The van der Waals surface area contributed by atoms with Gasteiger partial charge in [0.05, 0.1) is 11.0 Å². The molecule has 1 heterocycles. The van der Waals surface area contributed by atoms with Gasteiger partial charge in [-0.15, -0.1) is 0 Å². The molecule has 3 rings (SSSR count). The Morgan fingerprint density at radius 3 is 2.35 bits per heavy atom. The van der Waals surface area contributed by atoms with Gasteiger partial charge in [0.1, 0.15) is 0 Å². The van der Waals surface area contributed by atoms with Crippen molar-refractivity contribution in [3.63, 3.8) is 0 Å². The molecule has 0 fully saturated rings. The fourth-order valence-corrected chi connectivity index (χ4v) is 2.23. The lowest BCUT2D eigenvalue weighted by molar-refractivity contribution is 1.15. The molecule has 84 valence electrons. The minimum absolute atomic E-state index is 1.07. The predicted octanol–water partition coefficient (Wildman–Crippen LogP) is 4.26. The van der Waals surface area contributed by atoms with E-state index < -0.39 is 0 Å². The van der Waals surface area contributed by atoms with Crippen molar-refractivity contribution in [3.05, 3.63) is 53.6 Å². The Morgan fingerprint density at radius 1 is 0.882 bits per heavy atom. The Balaban J connectivity index is 2.36. The van der Waals surface area contributed by atoms with Crippen LogP contribution >= 0.6 is 0 Å². The van der Waals surface area contributed by atoms with Gasteiger partial charge in [0.15, 0.2) is 0 Å². The molecule has 0 radical (unpaired) electrons. The van der Waals surface area contributed by atoms with Gasteiger partial charge in [0.25, 0.3) is 0 Å². The van der Waals surface area contributed by atoms with E-state index in [0.717, 1.165) is 17.5 Å². The molecule has 1 nitrogen and oxygen atoms in total. The molecule has 0 amide bonds. The fourth-order valence-electron chi connectivity index (χ4n) is 2.23. The first kappa shape index (κ1) is 10.3. The van der Waals surface area contributed by atoms with E-state index in [9.17, 15) is 0 Å². The van der Waals surface area contributed by atoms with E-state index >= 15 is 0 Å². The van der Waals surface area contributed by atoms with E-state index in [4.69, 9.17) is 4.98 Å². The van der Waals surface area contributed by atoms with E-state index in [-0.39, 0.29) is 0 Å². The van der Waals surface area contributed by atoms with Crippen LogP contribution in [0.4, 0.5) is 0 Å². The Hall–Kier alpha value is -1.89. The van der Waals surface area contributed by atoms with Crippen molar-refractivity contribution in [2.24, 2.45) is 0 Å². The zero-order valence-corrected chi connectivity index (χ0v) is 10.2. The van der Waals surface area contributed by atoms with Gasteiger partial charge in [-0.3, -0.25) is 0 Å². The van der Waals surface area contributed by atoms with Gasteiger partial charge in [-0.05, 0) is 49.2 Å². The maximum absolute atomic E-state index is 4.69. The third-order valence-corrected chi connectivity index (χ3v) is 3.24. The number of pyridine rings is 1. The minimum Gasteiger partial charge on any atom is -0.248 e. The molecule has 0 saturated carbocycles. The summed E-state index contributed by atoms with van der Waals surface area (Å²) in [6.45, 7) is 4.30. The average molecular weight is 221 g/mol. The molecule has 17 heavy (non-hydrogen) atoms. The normalized spacial score (nSPS) is 11.2. The topological polar surface area (TPSA) is 12.9 Å². The summed E-state index contributed by atoms with van der Waals surface area (Å²) in [7, 11) is 0. The van der Waals surface area contributed by atoms with Crippen molar-refractivity contribution >= 4 is 21.8 Å². The first-order chi connectivity index (χ1) is 8.26. The Morgan fingerprint density at radius 2 is 1.59 bits per heavy atom. The second-order valence-electron chi connectivity index (χ2n) is 4.57. The van der Waals surface area contributed by atoms with Crippen molar-refractivity contribution in [3.8, 4) is 0 Å². The van der Waals surface area contributed by atoms with Crippen molar-refractivity contribution < 1.29 is 0 Å². The molecule has 0 N–H and O–H groups in total. The second-order valence-corrected chi connectivity index (χ2v) is 4.57. The molecule has 0 saturated heterocycles. The Bertz CT molecular complexity index is 698. The van der Waals surface area contributed by atoms with Crippen LogP contribution < -0.4 is 0 Å². The van der Waals surface area contributed by atoms with E-state index in [2.05, 4.69) is 56.3 Å². The molecule has 2 aromatic carbocycles. The summed E-state index contributed by atoms with van der Waals surface area (Å²) < 4.78 is 0. The SMILES string of the molecule is CCc1ccc2nc3ccc(C)cc3cc2c1. The summed E-state index contributed by atoms with van der Waals surface area (Å²) in [5.74, 6) is 0. The van der Waals surface area contributed by atoms with Gasteiger partial charge in [-0.1, -0.05) is 24.6 Å². The lowest BCUT2D eigenvalue weighted by atomic mass is 10.1. The lowest BCUT2D eigenvalue weighted by Crippen LogP contribution is -1.86. The highest BCUT2D eigenvalue weighted by atomic mass is 14.7. The van der Waals surface area contributed by atoms with Crippen LogP contribution in [0, 0.1) is 6.92 Å². The summed E-state index contributed by atoms with van der Waals surface area (Å²) in [6, 6.07) is 15.2. The number of aromatic nitrogens is 1. The van der Waals surface area contributed by atoms with Crippen molar-refractivity contribution in [2.45, 2.75) is 20.3 Å². The number of rotatable bonds is 1. The van der Waals surface area contributed by atoms with Gasteiger partial charge < -0.3 is 0 Å². The van der Waals surface area contributed by atoms with E-state index in [1.54, 1.807) is 0 Å². The highest BCUT2D eigenvalue weighted by Gasteiger charge is 2.00. The molecular weight excluding hydrogens is 206 g/mol. The molecule has 1 heteroatoms. The molecule has 0 unspecified atom stereocenters. The number of hydrogen-bond acceptors (Lipinski definition) is 1. The fraction of sp³-hybridized carbons (Fsp3) is 0.188. The zero-order valence-electron chi connectivity index (χ0n) is 10.2. The Kier molecular flexibility index (Phi) is 2.32. The highest BCUT2D eigenvalue weighted by molar-refractivity contribution is 5.93. The molecule has 0 aliphatic heterocycles. The number of benzene rings is 2. The Labute approximate surface area is 101 Å². The summed E-state index contributed by atoms with van der Waals surface area (Å²) in [5.41, 5.74) is 4.81. The van der Waals surface area contributed by atoms with Crippen LogP contribution in [0.15, 0.2) is 42.5 Å². The zero-order chi connectivity index (χ0) is 11.8. The van der Waals surface area contributed by atoms with Crippen LogP contribution in [0.5, 0.6) is 0 Å². The number of hydrogen-bond donors (Lipinski definition) is 0. The largest absolute Gasteiger partial charge is 0.248 e. The molecule has 0 aliphatic rings. The van der Waals surface area contributed by atoms with Crippen LogP contribution in [0.1, 0.15) is 18.1 Å². The number of fused-ring (bicyclic) bond motifs is 2. The van der Waals surface area contributed by atoms with Crippen molar-refractivity contribution in [2.75, 3.05) is 0 Å². The standard InChI is InChI=1S/C16H15N/c1-3-12-5-7-16-14(9-12)10-13-8-11(2)4-6-15(13)17-16/h4-10H,3H2,1-2H3. The molecule has 0 atom stereocenters. The smallest absolute Gasteiger partial charge is 0.0709 e. The van der Waals surface area contributed by atoms with Gasteiger partial charge in [0.2, 0.25) is 0 Å². The maximum atomic E-state index is 4.69. The third kappa shape index (κ3) is 1.78. The molecular formula is C16H15N. The van der Waals surface area contributed by atoms with E-state index in [1.807, 2.05) is 0 Å². The quantitative estimate of drug-likeness (QED) is 0.559. The van der Waals surface area contributed by atoms with Crippen molar-refractivity contribution in [1.82, 2.24) is 4.98 Å². The second kappa shape index (κ2) is 3.85. The van der Waals surface area contributed by atoms with Crippen molar-refractivity contribution in [1.29, 1.82) is 0 Å². The molecule has 3 aromatic rings. The number of aryl methyl sites for hydroxylation is 2. The predicted molar refractivity (Wildman–Crippen MR) is 73.4 cm³/mol. The van der Waals surface area contributed by atoms with Gasteiger partial charge in [-0.25, -0.2) is 4.98 Å². The van der Waals surface area contributed by atoms with Crippen LogP contribution in [0.3, 0.4) is 0 Å². The van der Waals surface area contributed by atoms with Crippen LogP contribution in [0.25, 0.3) is 21.8 Å². The van der Waals surface area contributed by atoms with E-state index in [0.29, 0.717) is 0 Å². The summed E-state index contributed by atoms with van der Waals surface area (Å²) in [5, 5.41) is 2.47. The molecule has 0 spiro atoms. The van der Waals surface area contributed by atoms with Crippen LogP contribution in [0.2, 0.25) is 0 Å². The maximum Gasteiger partial charge on any atom is 0.0709 e. The van der Waals surface area contributed by atoms with Gasteiger partial charge in [0, 0.05) is 10.8 Å². The summed E-state index contributed by atoms with van der Waals surface area (Å²) in [4.78, 5) is 4.69.